The Hall–Kier alpha value is -3.15. The van der Waals surface area contributed by atoms with Crippen LogP contribution in [0.3, 0.4) is 0 Å². The van der Waals surface area contributed by atoms with Gasteiger partial charge < -0.3 is 5.73 Å². The lowest BCUT2D eigenvalue weighted by molar-refractivity contribution is -0.677. The quantitative estimate of drug-likeness (QED) is 0.628. The molecule has 4 rings (SSSR count). The Kier molecular flexibility index (Phi) is 3.53. The molecule has 1 aliphatic rings. The van der Waals surface area contributed by atoms with Gasteiger partial charge in [0.15, 0.2) is 0 Å². The number of nitrogens with one attached hydrogen (secondary N) is 2. The number of H-pyrrole nitrogens is 1. The SMILES string of the molecule is CC(C)c1ccc([C@@H]2N=C(N)Nc3[nH]c(=O)c4ccccc4[n+]32)cc1. The summed E-state index contributed by atoms with van der Waals surface area (Å²) >= 11 is 0. The van der Waals surface area contributed by atoms with Crippen molar-refractivity contribution >= 4 is 22.8 Å². The summed E-state index contributed by atoms with van der Waals surface area (Å²) in [5.41, 5.74) is 8.89. The van der Waals surface area contributed by atoms with Crippen molar-refractivity contribution in [3.63, 3.8) is 0 Å². The zero-order valence-electron chi connectivity index (χ0n) is 14.2. The van der Waals surface area contributed by atoms with E-state index in [0.29, 0.717) is 17.3 Å². The summed E-state index contributed by atoms with van der Waals surface area (Å²) in [5, 5.41) is 3.58. The Balaban J connectivity index is 1.94. The van der Waals surface area contributed by atoms with Crippen molar-refractivity contribution < 1.29 is 4.57 Å². The maximum Gasteiger partial charge on any atom is 0.367 e. The van der Waals surface area contributed by atoms with Gasteiger partial charge in [-0.3, -0.25) is 4.79 Å². The van der Waals surface area contributed by atoms with E-state index in [1.807, 2.05) is 28.8 Å². The Bertz CT molecular complexity index is 1030. The van der Waals surface area contributed by atoms with Crippen LogP contribution in [0.1, 0.15) is 37.1 Å². The first-order valence-electron chi connectivity index (χ1n) is 8.31. The molecule has 6 nitrogen and oxygen atoms in total. The van der Waals surface area contributed by atoms with Gasteiger partial charge in [0, 0.05) is 5.56 Å². The van der Waals surface area contributed by atoms with Gasteiger partial charge in [0.05, 0.1) is 5.39 Å². The number of hydrogen-bond acceptors (Lipinski definition) is 4. The number of fused-ring (bicyclic) bond motifs is 3. The minimum Gasteiger partial charge on any atom is -0.357 e. The van der Waals surface area contributed by atoms with Crippen molar-refractivity contribution in [2.75, 3.05) is 5.32 Å². The number of hydrogen-bond donors (Lipinski definition) is 3. The van der Waals surface area contributed by atoms with Crippen molar-refractivity contribution in [2.45, 2.75) is 25.9 Å². The molecule has 0 radical (unpaired) electrons. The summed E-state index contributed by atoms with van der Waals surface area (Å²) in [7, 11) is 0. The second kappa shape index (κ2) is 5.73. The van der Waals surface area contributed by atoms with E-state index in [1.54, 1.807) is 0 Å². The van der Waals surface area contributed by atoms with Crippen LogP contribution in [0.15, 0.2) is 58.3 Å². The Morgan fingerprint density at radius 1 is 1.12 bits per heavy atom. The normalized spacial score (nSPS) is 16.4. The monoisotopic (exact) mass is 334 g/mol. The molecule has 4 N–H and O–H groups in total. The lowest BCUT2D eigenvalue weighted by Crippen LogP contribution is -2.51. The van der Waals surface area contributed by atoms with Crippen molar-refractivity contribution in [3.05, 3.63) is 70.0 Å². The molecule has 2 aromatic carbocycles. The molecular formula is C19H20N5O+. The molecule has 0 fully saturated rings. The van der Waals surface area contributed by atoms with E-state index in [2.05, 4.69) is 53.4 Å². The summed E-state index contributed by atoms with van der Waals surface area (Å²) in [4.78, 5) is 19.8. The highest BCUT2D eigenvalue weighted by atomic mass is 16.1. The average molecular weight is 334 g/mol. The number of nitrogens with zero attached hydrogens (tertiary/aromatic N) is 2. The number of aromatic amines is 1. The van der Waals surface area contributed by atoms with Crippen LogP contribution >= 0.6 is 0 Å². The predicted molar refractivity (Wildman–Crippen MR) is 98.7 cm³/mol. The van der Waals surface area contributed by atoms with Gasteiger partial charge in [0.1, 0.15) is 5.52 Å². The number of rotatable bonds is 2. The third kappa shape index (κ3) is 2.55. The van der Waals surface area contributed by atoms with Gasteiger partial charge >= 0.3 is 11.5 Å². The number of anilines is 1. The third-order valence-corrected chi connectivity index (χ3v) is 4.53. The van der Waals surface area contributed by atoms with Gasteiger partial charge in [-0.25, -0.2) is 14.9 Å². The highest BCUT2D eigenvalue weighted by Crippen LogP contribution is 2.23. The maximum atomic E-state index is 12.3. The van der Waals surface area contributed by atoms with Crippen molar-refractivity contribution in [2.24, 2.45) is 10.7 Å². The molecule has 1 aromatic heterocycles. The lowest BCUT2D eigenvalue weighted by atomic mass is 10.0. The fourth-order valence-corrected chi connectivity index (χ4v) is 3.20. The third-order valence-electron chi connectivity index (χ3n) is 4.53. The number of benzene rings is 2. The van der Waals surface area contributed by atoms with Crippen LogP contribution in [0.4, 0.5) is 5.95 Å². The van der Waals surface area contributed by atoms with Gasteiger partial charge in [-0.2, -0.15) is 4.99 Å². The first kappa shape index (κ1) is 15.4. The first-order chi connectivity index (χ1) is 12.0. The summed E-state index contributed by atoms with van der Waals surface area (Å²) < 4.78 is 1.97. The van der Waals surface area contributed by atoms with E-state index in [1.165, 1.54) is 5.56 Å². The van der Waals surface area contributed by atoms with Crippen LogP contribution < -0.4 is 21.2 Å². The molecule has 1 atom stereocenters. The van der Waals surface area contributed by atoms with E-state index in [4.69, 9.17) is 5.73 Å². The van der Waals surface area contributed by atoms with Gasteiger partial charge in [-0.15, -0.1) is 0 Å². The van der Waals surface area contributed by atoms with Crippen molar-refractivity contribution in [1.29, 1.82) is 0 Å². The molecule has 0 aliphatic carbocycles. The number of guanidine groups is 1. The fraction of sp³-hybridized carbons (Fsp3) is 0.211. The molecule has 1 aliphatic heterocycles. The molecule has 0 saturated carbocycles. The zero-order valence-corrected chi connectivity index (χ0v) is 14.2. The maximum absolute atomic E-state index is 12.3. The first-order valence-corrected chi connectivity index (χ1v) is 8.31. The molecule has 0 amide bonds. The number of aromatic nitrogens is 2. The Morgan fingerprint density at radius 3 is 2.56 bits per heavy atom. The minimum absolute atomic E-state index is 0.155. The van der Waals surface area contributed by atoms with Gasteiger partial charge in [-0.05, 0) is 23.6 Å². The zero-order chi connectivity index (χ0) is 17.6. The van der Waals surface area contributed by atoms with Gasteiger partial charge in [0.2, 0.25) is 6.17 Å². The second-order valence-electron chi connectivity index (χ2n) is 6.52. The van der Waals surface area contributed by atoms with Crippen LogP contribution in [0.25, 0.3) is 10.9 Å². The van der Waals surface area contributed by atoms with E-state index in [0.717, 1.165) is 11.1 Å². The molecule has 6 heteroatoms. The van der Waals surface area contributed by atoms with E-state index < -0.39 is 0 Å². The van der Waals surface area contributed by atoms with Crippen LogP contribution in [0, 0.1) is 0 Å². The number of para-hydroxylation sites is 1. The van der Waals surface area contributed by atoms with Crippen LogP contribution in [-0.4, -0.2) is 10.9 Å². The second-order valence-corrected chi connectivity index (χ2v) is 6.52. The Labute approximate surface area is 145 Å². The van der Waals surface area contributed by atoms with E-state index in [9.17, 15) is 4.79 Å². The molecular weight excluding hydrogens is 314 g/mol. The van der Waals surface area contributed by atoms with Gasteiger partial charge in [-0.1, -0.05) is 50.2 Å². The molecule has 0 unspecified atom stereocenters. The molecule has 0 saturated heterocycles. The summed E-state index contributed by atoms with van der Waals surface area (Å²) in [6.45, 7) is 4.33. The average Bonchev–Trinajstić information content (AvgIpc) is 2.61. The fourth-order valence-electron chi connectivity index (χ4n) is 3.20. The number of nitrogens with two attached hydrogens (primary N) is 1. The molecule has 25 heavy (non-hydrogen) atoms. The standard InChI is InChI=1S/C19H19N5O/c1-11(2)12-7-9-13(10-8-12)16-21-18(20)23-19-22-17(25)14-5-3-4-6-15(14)24(16)19/h3-11,16H,1-2H3,(H3,20,21,22,23,25)/p+1/t16-/m1/s1. The Morgan fingerprint density at radius 2 is 1.84 bits per heavy atom. The van der Waals surface area contributed by atoms with Crippen LogP contribution in [-0.2, 0) is 0 Å². The van der Waals surface area contributed by atoms with E-state index in [-0.39, 0.29) is 17.7 Å². The summed E-state index contributed by atoms with van der Waals surface area (Å²) in [6, 6.07) is 15.9. The van der Waals surface area contributed by atoms with Crippen molar-refractivity contribution in [1.82, 2.24) is 4.98 Å². The molecule has 3 aromatic rings. The van der Waals surface area contributed by atoms with Crippen LogP contribution in [0.5, 0.6) is 0 Å². The molecule has 0 bridgehead atoms. The van der Waals surface area contributed by atoms with Crippen molar-refractivity contribution in [3.8, 4) is 0 Å². The topological polar surface area (TPSA) is 87.1 Å². The van der Waals surface area contributed by atoms with Gasteiger partial charge in [0.25, 0.3) is 5.96 Å². The van der Waals surface area contributed by atoms with Crippen LogP contribution in [0.2, 0.25) is 0 Å². The molecule has 0 spiro atoms. The summed E-state index contributed by atoms with van der Waals surface area (Å²) in [5.74, 6) is 1.28. The predicted octanol–water partition coefficient (Wildman–Crippen LogP) is 2.23. The summed E-state index contributed by atoms with van der Waals surface area (Å²) in [6.07, 6.45) is -0.334. The molecule has 126 valence electrons. The minimum atomic E-state index is -0.334. The lowest BCUT2D eigenvalue weighted by Gasteiger charge is -2.21. The molecule has 2 heterocycles. The number of aliphatic imine (C=N–C) groups is 1. The highest BCUT2D eigenvalue weighted by Gasteiger charge is 2.30. The largest absolute Gasteiger partial charge is 0.367 e. The van der Waals surface area contributed by atoms with E-state index >= 15 is 0 Å². The highest BCUT2D eigenvalue weighted by molar-refractivity contribution is 5.91. The smallest absolute Gasteiger partial charge is 0.357 e.